The minimum Gasteiger partial charge on any atom is -0.476 e. The SMILES string of the molecule is CN(C)CCCOc1ncc(-c2ccc3ncc4c(c3c2)C2(CCC2)C(=O)N4C)cc1NS(=O)(=O)N1CCN(C(=O)OC(C)(C)C)CC1. The van der Waals surface area contributed by atoms with Crippen LogP contribution in [-0.2, 0) is 25.2 Å². The molecule has 3 aromatic rings. The van der Waals surface area contributed by atoms with Crippen molar-refractivity contribution in [2.75, 3.05) is 70.1 Å². The Morgan fingerprint density at radius 1 is 1.04 bits per heavy atom. The quantitative estimate of drug-likeness (QED) is 0.330. The fourth-order valence-corrected chi connectivity index (χ4v) is 7.84. The van der Waals surface area contributed by atoms with E-state index in [1.807, 2.05) is 44.2 Å². The summed E-state index contributed by atoms with van der Waals surface area (Å²) in [5.74, 6) is 0.293. The van der Waals surface area contributed by atoms with Gasteiger partial charge >= 0.3 is 16.3 Å². The van der Waals surface area contributed by atoms with Gasteiger partial charge in [0, 0.05) is 62.5 Å². The normalized spacial score (nSPS) is 17.9. The van der Waals surface area contributed by atoms with Crippen LogP contribution in [0.15, 0.2) is 36.7 Å². The lowest BCUT2D eigenvalue weighted by molar-refractivity contribution is -0.125. The number of pyridine rings is 2. The van der Waals surface area contributed by atoms with Gasteiger partial charge < -0.3 is 24.2 Å². The Kier molecular flexibility index (Phi) is 9.02. The third-order valence-corrected chi connectivity index (χ3v) is 10.8. The van der Waals surface area contributed by atoms with Gasteiger partial charge in [-0.05, 0) is 77.9 Å². The molecule has 1 saturated heterocycles. The van der Waals surface area contributed by atoms with Gasteiger partial charge in [-0.2, -0.15) is 12.7 Å². The van der Waals surface area contributed by atoms with Gasteiger partial charge in [-0.1, -0.05) is 12.5 Å². The first-order valence-electron chi connectivity index (χ1n) is 16.4. The largest absolute Gasteiger partial charge is 0.476 e. The van der Waals surface area contributed by atoms with Crippen LogP contribution in [0, 0.1) is 0 Å². The second-order valence-electron chi connectivity index (χ2n) is 14.1. The van der Waals surface area contributed by atoms with Gasteiger partial charge in [0.25, 0.3) is 0 Å². The molecule has 1 aromatic carbocycles. The number of aromatic nitrogens is 2. The van der Waals surface area contributed by atoms with Crippen molar-refractivity contribution >= 4 is 44.5 Å². The number of anilines is 2. The summed E-state index contributed by atoms with van der Waals surface area (Å²) in [7, 11) is 1.73. The third kappa shape index (κ3) is 6.52. The van der Waals surface area contributed by atoms with E-state index in [2.05, 4.69) is 14.7 Å². The molecule has 4 heterocycles. The highest BCUT2D eigenvalue weighted by Gasteiger charge is 2.54. The summed E-state index contributed by atoms with van der Waals surface area (Å²) in [6.45, 7) is 7.17. The summed E-state index contributed by atoms with van der Waals surface area (Å²) in [4.78, 5) is 40.4. The van der Waals surface area contributed by atoms with Gasteiger partial charge in [0.15, 0.2) is 0 Å². The zero-order valence-electron chi connectivity index (χ0n) is 28.6. The molecule has 258 valence electrons. The Balaban J connectivity index is 1.29. The maximum Gasteiger partial charge on any atom is 0.410 e. The minimum atomic E-state index is -4.03. The van der Waals surface area contributed by atoms with E-state index < -0.39 is 27.3 Å². The van der Waals surface area contributed by atoms with Crippen molar-refractivity contribution in [2.24, 2.45) is 0 Å². The predicted molar refractivity (Wildman–Crippen MR) is 185 cm³/mol. The summed E-state index contributed by atoms with van der Waals surface area (Å²) in [5.41, 5.74) is 3.21. The van der Waals surface area contributed by atoms with Crippen molar-refractivity contribution in [1.29, 1.82) is 0 Å². The van der Waals surface area contributed by atoms with Crippen molar-refractivity contribution in [1.82, 2.24) is 24.1 Å². The Hall–Kier alpha value is -4.01. The second-order valence-corrected chi connectivity index (χ2v) is 15.8. The van der Waals surface area contributed by atoms with E-state index in [-0.39, 0.29) is 43.7 Å². The summed E-state index contributed by atoms with van der Waals surface area (Å²) in [6.07, 6.45) is 6.35. The third-order valence-electron chi connectivity index (χ3n) is 9.25. The smallest absolute Gasteiger partial charge is 0.410 e. The summed E-state index contributed by atoms with van der Waals surface area (Å²) >= 11 is 0. The number of fused-ring (bicyclic) bond motifs is 4. The Bertz CT molecular complexity index is 1830. The highest BCUT2D eigenvalue weighted by Crippen LogP contribution is 2.55. The maximum atomic E-state index is 13.7. The second kappa shape index (κ2) is 12.8. The fraction of sp³-hybridized carbons (Fsp3) is 0.529. The van der Waals surface area contributed by atoms with E-state index >= 15 is 0 Å². The van der Waals surface area contributed by atoms with Crippen molar-refractivity contribution < 1.29 is 27.5 Å². The summed E-state index contributed by atoms with van der Waals surface area (Å²) in [6, 6.07) is 7.62. The van der Waals surface area contributed by atoms with Crippen molar-refractivity contribution in [3.8, 4) is 17.0 Å². The molecule has 0 atom stereocenters. The lowest BCUT2D eigenvalue weighted by Crippen LogP contribution is -2.52. The molecule has 13 nitrogen and oxygen atoms in total. The maximum absolute atomic E-state index is 13.7. The minimum absolute atomic E-state index is 0.110. The molecule has 1 spiro atoms. The number of amides is 2. The van der Waals surface area contributed by atoms with E-state index in [1.165, 1.54) is 9.21 Å². The summed E-state index contributed by atoms with van der Waals surface area (Å²) < 4.78 is 42.9. The highest BCUT2D eigenvalue weighted by atomic mass is 32.2. The molecule has 48 heavy (non-hydrogen) atoms. The number of benzene rings is 1. The van der Waals surface area contributed by atoms with Crippen LogP contribution in [0.3, 0.4) is 0 Å². The topological polar surface area (TPSA) is 138 Å². The molecule has 6 rings (SSSR count). The van der Waals surface area contributed by atoms with Crippen LogP contribution in [0.25, 0.3) is 22.0 Å². The standard InChI is InChI=1S/C34H45N7O6S/c1-33(2,3)47-32(43)40-14-16-41(17-15-40)48(44,45)37-27-20-24(21-36-30(27)46-18-8-13-38(4)5)23-9-10-26-25(19-23)29-28(22-35-26)39(6)31(42)34(29)11-7-12-34/h9-10,19-22,37H,7-8,11-18H2,1-6H3. The van der Waals surface area contributed by atoms with E-state index in [4.69, 9.17) is 9.47 Å². The number of piperazine rings is 1. The number of carbonyl (C=O) groups excluding carboxylic acids is 2. The molecule has 2 amide bonds. The highest BCUT2D eigenvalue weighted by molar-refractivity contribution is 7.90. The first kappa shape index (κ1) is 33.9. The molecule has 1 saturated carbocycles. The number of nitrogens with zero attached hydrogens (tertiary/aromatic N) is 6. The van der Waals surface area contributed by atoms with Gasteiger partial charge in [-0.3, -0.25) is 14.5 Å². The molecule has 0 unspecified atom stereocenters. The fourth-order valence-electron chi connectivity index (χ4n) is 6.64. The van der Waals surface area contributed by atoms with Crippen LogP contribution < -0.4 is 14.4 Å². The monoisotopic (exact) mass is 679 g/mol. The van der Waals surface area contributed by atoms with Gasteiger partial charge in [0.05, 0.1) is 29.4 Å². The molecule has 1 N–H and O–H groups in total. The molecule has 0 radical (unpaired) electrons. The molecule has 3 aliphatic rings. The number of ether oxygens (including phenoxy) is 2. The molecule has 14 heteroatoms. The zero-order chi connectivity index (χ0) is 34.4. The van der Waals surface area contributed by atoms with Crippen LogP contribution in [0.5, 0.6) is 5.88 Å². The van der Waals surface area contributed by atoms with Gasteiger partial charge in [0.1, 0.15) is 11.3 Å². The number of nitrogens with one attached hydrogen (secondary N) is 1. The Morgan fingerprint density at radius 2 is 1.77 bits per heavy atom. The van der Waals surface area contributed by atoms with Gasteiger partial charge in [0.2, 0.25) is 11.8 Å². The van der Waals surface area contributed by atoms with Crippen LogP contribution in [0.2, 0.25) is 0 Å². The van der Waals surface area contributed by atoms with Crippen LogP contribution >= 0.6 is 0 Å². The van der Waals surface area contributed by atoms with Gasteiger partial charge in [-0.25, -0.2) is 9.78 Å². The Labute approximate surface area is 282 Å². The van der Waals surface area contributed by atoms with Crippen LogP contribution in [-0.4, -0.2) is 111 Å². The average Bonchev–Trinajstić information content (AvgIpc) is 3.25. The lowest BCUT2D eigenvalue weighted by atomic mass is 9.64. The van der Waals surface area contributed by atoms with E-state index in [9.17, 15) is 18.0 Å². The summed E-state index contributed by atoms with van der Waals surface area (Å²) in [5, 5.41) is 0.913. The first-order chi connectivity index (χ1) is 22.7. The van der Waals surface area contributed by atoms with E-state index in [0.29, 0.717) is 12.2 Å². The molecule has 2 fully saturated rings. The molecule has 2 aliphatic heterocycles. The van der Waals surface area contributed by atoms with Crippen LogP contribution in [0.1, 0.15) is 52.0 Å². The number of likely N-dealkylation sites (N-methyl/N-ethyl adjacent to an activating group) is 1. The predicted octanol–water partition coefficient (Wildman–Crippen LogP) is 4.23. The molecular weight excluding hydrogens is 634 g/mol. The van der Waals surface area contributed by atoms with Gasteiger partial charge in [-0.15, -0.1) is 0 Å². The number of hydrogen-bond donors (Lipinski definition) is 1. The van der Waals surface area contributed by atoms with Crippen LogP contribution in [0.4, 0.5) is 16.2 Å². The molecular formula is C34H45N7O6S. The molecule has 1 aliphatic carbocycles. The van der Waals surface area contributed by atoms with E-state index in [0.717, 1.165) is 59.9 Å². The number of rotatable bonds is 9. The first-order valence-corrected chi connectivity index (χ1v) is 17.9. The number of carbonyl (C=O) groups is 2. The molecule has 2 aromatic heterocycles. The zero-order valence-corrected chi connectivity index (χ0v) is 29.4. The lowest BCUT2D eigenvalue weighted by Gasteiger charge is -2.37. The average molecular weight is 680 g/mol. The van der Waals surface area contributed by atoms with Crippen molar-refractivity contribution in [2.45, 2.75) is 57.5 Å². The molecule has 0 bridgehead atoms. The van der Waals surface area contributed by atoms with Crippen molar-refractivity contribution in [3.63, 3.8) is 0 Å². The number of hydrogen-bond acceptors (Lipinski definition) is 9. The van der Waals surface area contributed by atoms with Crippen molar-refractivity contribution in [3.05, 3.63) is 42.2 Å². The Morgan fingerprint density at radius 3 is 2.42 bits per heavy atom. The van der Waals surface area contributed by atoms with E-state index in [1.54, 1.807) is 44.1 Å².